The number of hydrogen-bond donors (Lipinski definition) is 1. The highest BCUT2D eigenvalue weighted by Crippen LogP contribution is 2.37. The highest BCUT2D eigenvalue weighted by molar-refractivity contribution is 5.98. The molecule has 0 aliphatic carbocycles. The summed E-state index contributed by atoms with van der Waals surface area (Å²) >= 11 is 0. The Morgan fingerprint density at radius 2 is 1.67 bits per heavy atom. The number of carboxylic acid groups (broad SMARTS) is 1. The molecule has 0 aliphatic heterocycles. The van der Waals surface area contributed by atoms with E-state index in [1.165, 1.54) is 4.57 Å². The predicted molar refractivity (Wildman–Crippen MR) is 141 cm³/mol. The summed E-state index contributed by atoms with van der Waals surface area (Å²) < 4.78 is 14.6. The number of ether oxygens (including phenoxy) is 2. The second kappa shape index (κ2) is 9.66. The first kappa shape index (κ1) is 25.3. The third kappa shape index (κ3) is 4.93. The molecule has 0 radical (unpaired) electrons. The lowest BCUT2D eigenvalue weighted by Crippen LogP contribution is -2.33. The SMILES string of the molecule is COc1ccc(Cn2ccc3c(-c4ccc(C)cc4)c(C(OC(C)(C)C)C(=O)O)n(C)c(=O)c32)cc1. The molecule has 2 aromatic carbocycles. The first-order chi connectivity index (χ1) is 17.0. The smallest absolute Gasteiger partial charge is 0.339 e. The molecule has 7 heteroatoms. The van der Waals surface area contributed by atoms with Crippen LogP contribution < -0.4 is 10.3 Å². The molecular weight excluding hydrogens is 456 g/mol. The van der Waals surface area contributed by atoms with Crippen molar-refractivity contribution in [2.75, 3.05) is 7.11 Å². The highest BCUT2D eigenvalue weighted by Gasteiger charge is 2.33. The van der Waals surface area contributed by atoms with Gasteiger partial charge in [0.25, 0.3) is 5.56 Å². The molecule has 0 spiro atoms. The van der Waals surface area contributed by atoms with E-state index in [0.717, 1.165) is 22.4 Å². The minimum absolute atomic E-state index is 0.280. The van der Waals surface area contributed by atoms with Gasteiger partial charge in [0.1, 0.15) is 11.3 Å². The minimum atomic E-state index is -1.33. The number of carboxylic acids is 1. The number of nitrogens with zero attached hydrogens (tertiary/aromatic N) is 2. The van der Waals surface area contributed by atoms with Crippen molar-refractivity contribution in [3.63, 3.8) is 0 Å². The minimum Gasteiger partial charge on any atom is -0.497 e. The average molecular weight is 489 g/mol. The molecule has 0 fully saturated rings. The Labute approximate surface area is 210 Å². The maximum absolute atomic E-state index is 13.7. The Hall–Kier alpha value is -3.84. The molecule has 0 saturated carbocycles. The highest BCUT2D eigenvalue weighted by atomic mass is 16.5. The van der Waals surface area contributed by atoms with Crippen LogP contribution in [0.4, 0.5) is 0 Å². The number of methoxy groups -OCH3 is 1. The molecule has 0 saturated heterocycles. The quantitative estimate of drug-likeness (QED) is 0.381. The standard InChI is InChI=1S/C29H32N2O5/c1-18-7-11-20(12-8-18)23-22-15-16-31(17-19-9-13-21(35-6)14-10-19)24(22)27(32)30(5)25(23)26(28(33)34)36-29(2,3)4/h7-16,26H,17H2,1-6H3,(H,33,34). The summed E-state index contributed by atoms with van der Waals surface area (Å²) in [5.41, 5.74) is 3.40. The van der Waals surface area contributed by atoms with Gasteiger partial charge in [-0.3, -0.25) is 4.79 Å². The molecule has 1 unspecified atom stereocenters. The van der Waals surface area contributed by atoms with Gasteiger partial charge in [0, 0.05) is 30.7 Å². The third-order valence-corrected chi connectivity index (χ3v) is 6.15. The van der Waals surface area contributed by atoms with Crippen molar-refractivity contribution < 1.29 is 19.4 Å². The van der Waals surface area contributed by atoms with E-state index in [2.05, 4.69) is 0 Å². The molecule has 188 valence electrons. The van der Waals surface area contributed by atoms with Gasteiger partial charge in [-0.1, -0.05) is 42.0 Å². The van der Waals surface area contributed by atoms with Gasteiger partial charge in [-0.2, -0.15) is 0 Å². The number of aliphatic carboxylic acids is 1. The predicted octanol–water partition coefficient (Wildman–Crippen LogP) is 5.31. The van der Waals surface area contributed by atoms with Gasteiger partial charge in [0.15, 0.2) is 6.10 Å². The van der Waals surface area contributed by atoms with Crippen LogP contribution in [0.2, 0.25) is 0 Å². The van der Waals surface area contributed by atoms with Gasteiger partial charge >= 0.3 is 5.97 Å². The summed E-state index contributed by atoms with van der Waals surface area (Å²) in [4.78, 5) is 26.2. The number of benzene rings is 2. The number of pyridine rings is 1. The van der Waals surface area contributed by atoms with Crippen molar-refractivity contribution in [1.29, 1.82) is 0 Å². The van der Waals surface area contributed by atoms with E-state index in [9.17, 15) is 14.7 Å². The fourth-order valence-electron chi connectivity index (χ4n) is 4.45. The number of aromatic nitrogens is 2. The zero-order valence-electron chi connectivity index (χ0n) is 21.5. The normalized spacial score (nSPS) is 12.6. The van der Waals surface area contributed by atoms with E-state index >= 15 is 0 Å². The maximum Gasteiger partial charge on any atom is 0.339 e. The molecule has 36 heavy (non-hydrogen) atoms. The van der Waals surface area contributed by atoms with E-state index in [4.69, 9.17) is 9.47 Å². The van der Waals surface area contributed by atoms with E-state index in [1.54, 1.807) is 34.9 Å². The Balaban J connectivity index is 1.99. The molecule has 0 amide bonds. The first-order valence-corrected chi connectivity index (χ1v) is 11.8. The molecule has 4 aromatic rings. The summed E-state index contributed by atoms with van der Waals surface area (Å²) in [6.45, 7) is 7.88. The molecule has 1 atom stereocenters. The Kier molecular flexibility index (Phi) is 6.78. The van der Waals surface area contributed by atoms with Crippen molar-refractivity contribution in [3.05, 3.63) is 88.0 Å². The van der Waals surface area contributed by atoms with Gasteiger partial charge in [-0.05, 0) is 57.0 Å². The lowest BCUT2D eigenvalue weighted by atomic mass is 9.95. The summed E-state index contributed by atoms with van der Waals surface area (Å²) in [7, 11) is 3.23. The van der Waals surface area contributed by atoms with Crippen molar-refractivity contribution >= 4 is 16.9 Å². The molecule has 4 rings (SSSR count). The fourth-order valence-corrected chi connectivity index (χ4v) is 4.45. The second-order valence-corrected chi connectivity index (χ2v) is 9.99. The molecule has 2 heterocycles. The first-order valence-electron chi connectivity index (χ1n) is 11.8. The monoisotopic (exact) mass is 488 g/mol. The number of fused-ring (bicyclic) bond motifs is 1. The number of carbonyl (C=O) groups is 1. The van der Waals surface area contributed by atoms with Crippen LogP contribution in [0.25, 0.3) is 22.0 Å². The van der Waals surface area contributed by atoms with E-state index in [1.807, 2.05) is 72.3 Å². The Morgan fingerprint density at radius 1 is 1.03 bits per heavy atom. The Morgan fingerprint density at radius 3 is 2.22 bits per heavy atom. The summed E-state index contributed by atoms with van der Waals surface area (Å²) in [5, 5.41) is 10.9. The zero-order chi connectivity index (χ0) is 26.2. The summed E-state index contributed by atoms with van der Waals surface area (Å²) in [5.74, 6) is -0.387. The van der Waals surface area contributed by atoms with Crippen molar-refractivity contribution in [3.8, 4) is 16.9 Å². The van der Waals surface area contributed by atoms with Crippen LogP contribution in [0.15, 0.2) is 65.6 Å². The molecule has 0 bridgehead atoms. The van der Waals surface area contributed by atoms with Crippen LogP contribution in [0.3, 0.4) is 0 Å². The maximum atomic E-state index is 13.7. The average Bonchev–Trinajstić information content (AvgIpc) is 3.24. The number of rotatable bonds is 7. The van der Waals surface area contributed by atoms with Crippen molar-refractivity contribution in [1.82, 2.24) is 9.13 Å². The van der Waals surface area contributed by atoms with Crippen LogP contribution in [0, 0.1) is 6.92 Å². The van der Waals surface area contributed by atoms with E-state index in [0.29, 0.717) is 28.7 Å². The molecule has 2 aromatic heterocycles. The number of aryl methyl sites for hydroxylation is 1. The second-order valence-electron chi connectivity index (χ2n) is 9.99. The lowest BCUT2D eigenvalue weighted by Gasteiger charge is -2.28. The van der Waals surface area contributed by atoms with Crippen molar-refractivity contribution in [2.24, 2.45) is 7.05 Å². The van der Waals surface area contributed by atoms with Gasteiger partial charge in [-0.25, -0.2) is 4.79 Å². The van der Waals surface area contributed by atoms with Crippen LogP contribution in [0.1, 0.15) is 43.7 Å². The number of hydrogen-bond acceptors (Lipinski definition) is 4. The van der Waals surface area contributed by atoms with Crippen LogP contribution in [-0.4, -0.2) is 32.9 Å². The largest absolute Gasteiger partial charge is 0.497 e. The van der Waals surface area contributed by atoms with Gasteiger partial charge in [-0.15, -0.1) is 0 Å². The third-order valence-electron chi connectivity index (χ3n) is 6.15. The van der Waals surface area contributed by atoms with E-state index in [-0.39, 0.29) is 5.56 Å². The van der Waals surface area contributed by atoms with Gasteiger partial charge < -0.3 is 23.7 Å². The van der Waals surface area contributed by atoms with Crippen LogP contribution >= 0.6 is 0 Å². The zero-order valence-corrected chi connectivity index (χ0v) is 21.5. The molecule has 7 nitrogen and oxygen atoms in total. The molecule has 1 N–H and O–H groups in total. The summed E-state index contributed by atoms with van der Waals surface area (Å²) in [6.07, 6.45) is 0.548. The van der Waals surface area contributed by atoms with E-state index < -0.39 is 17.7 Å². The van der Waals surface area contributed by atoms with Gasteiger partial charge in [0.2, 0.25) is 0 Å². The summed E-state index contributed by atoms with van der Waals surface area (Å²) in [6, 6.07) is 17.4. The fraction of sp³-hybridized carbons (Fsp3) is 0.310. The Bertz CT molecular complexity index is 1460. The van der Waals surface area contributed by atoms with Crippen LogP contribution in [-0.2, 0) is 23.1 Å². The lowest BCUT2D eigenvalue weighted by molar-refractivity contribution is -0.161. The van der Waals surface area contributed by atoms with Gasteiger partial charge in [0.05, 0.1) is 18.4 Å². The molecular formula is C29H32N2O5. The molecule has 0 aliphatic rings. The van der Waals surface area contributed by atoms with Crippen molar-refractivity contribution in [2.45, 2.75) is 45.9 Å². The van der Waals surface area contributed by atoms with Crippen LogP contribution in [0.5, 0.6) is 5.75 Å². The topological polar surface area (TPSA) is 82.7 Å².